The molecule has 4 nitrogen and oxygen atoms in total. The third kappa shape index (κ3) is 4.52. The van der Waals surface area contributed by atoms with E-state index in [1.807, 2.05) is 12.1 Å². The van der Waals surface area contributed by atoms with Gasteiger partial charge >= 0.3 is 0 Å². The van der Waals surface area contributed by atoms with Crippen LogP contribution in [-0.4, -0.2) is 23.8 Å². The highest BCUT2D eigenvalue weighted by Gasteiger charge is 2.39. The molecule has 1 saturated carbocycles. The maximum atomic E-state index is 12.5. The van der Waals surface area contributed by atoms with Crippen molar-refractivity contribution in [1.29, 1.82) is 0 Å². The molecule has 0 amide bonds. The molecule has 154 valence electrons. The van der Waals surface area contributed by atoms with Crippen LogP contribution in [0.3, 0.4) is 0 Å². The van der Waals surface area contributed by atoms with Gasteiger partial charge in [0.1, 0.15) is 5.75 Å². The maximum absolute atomic E-state index is 12.5. The summed E-state index contributed by atoms with van der Waals surface area (Å²) in [5, 5.41) is 1.83. The van der Waals surface area contributed by atoms with Crippen LogP contribution in [0.2, 0.25) is 5.02 Å². The molecule has 1 fully saturated rings. The minimum atomic E-state index is -0.257. The van der Waals surface area contributed by atoms with Crippen molar-refractivity contribution in [1.82, 2.24) is 4.98 Å². The van der Waals surface area contributed by atoms with Crippen molar-refractivity contribution in [2.75, 3.05) is 6.67 Å². The lowest BCUT2D eigenvalue weighted by Gasteiger charge is -2.44. The van der Waals surface area contributed by atoms with Gasteiger partial charge in [-0.2, -0.15) is 0 Å². The van der Waals surface area contributed by atoms with Gasteiger partial charge in [0.25, 0.3) is 5.56 Å². The Morgan fingerprint density at radius 1 is 1.36 bits per heavy atom. The Labute approximate surface area is 170 Å². The Morgan fingerprint density at radius 2 is 2.11 bits per heavy atom. The van der Waals surface area contributed by atoms with E-state index in [1.54, 1.807) is 12.3 Å². The van der Waals surface area contributed by atoms with E-state index in [1.165, 1.54) is 0 Å². The summed E-state index contributed by atoms with van der Waals surface area (Å²) in [6.07, 6.45) is 8.93. The number of ether oxygens (including phenoxy) is 1. The number of fused-ring (bicyclic) bond motifs is 1. The summed E-state index contributed by atoms with van der Waals surface area (Å²) in [6, 6.07) is 5.50. The third-order valence-corrected chi connectivity index (χ3v) is 6.63. The van der Waals surface area contributed by atoms with Gasteiger partial charge in [-0.3, -0.25) is 9.18 Å². The van der Waals surface area contributed by atoms with E-state index in [2.05, 4.69) is 11.9 Å². The van der Waals surface area contributed by atoms with Gasteiger partial charge in [0.15, 0.2) is 0 Å². The van der Waals surface area contributed by atoms with Crippen LogP contribution in [0.1, 0.15) is 58.3 Å². The lowest BCUT2D eigenvalue weighted by atomic mass is 9.65. The molecule has 0 aliphatic heterocycles. The van der Waals surface area contributed by atoms with E-state index >= 15 is 0 Å². The van der Waals surface area contributed by atoms with Gasteiger partial charge in [-0.15, -0.1) is 0 Å². The van der Waals surface area contributed by atoms with Crippen LogP contribution >= 0.6 is 11.6 Å². The zero-order chi connectivity index (χ0) is 20.1. The van der Waals surface area contributed by atoms with Crippen LogP contribution in [0.15, 0.2) is 29.2 Å². The number of aromatic amines is 1. The standard InChI is InChI=1S/C22H30ClFN2O2/c1-2-20(25)22(8-3-4-11-24)9-5-16(6-10-22)28-19-13-15-7-12-26-21(27)17(15)14-18(19)23/h7,12-14,16,20H,2-6,8-11,25H2,1H3,(H,26,27)/t16-,20?,22+. The number of halogens is 2. The van der Waals surface area contributed by atoms with Crippen molar-refractivity contribution < 1.29 is 9.13 Å². The van der Waals surface area contributed by atoms with Gasteiger partial charge in [0.2, 0.25) is 0 Å². The summed E-state index contributed by atoms with van der Waals surface area (Å²) >= 11 is 6.37. The van der Waals surface area contributed by atoms with Crippen molar-refractivity contribution in [2.24, 2.45) is 11.1 Å². The zero-order valence-electron chi connectivity index (χ0n) is 16.5. The van der Waals surface area contributed by atoms with Gasteiger partial charge in [0, 0.05) is 17.6 Å². The fourth-order valence-electron chi connectivity index (χ4n) is 4.55. The molecule has 0 saturated heterocycles. The smallest absolute Gasteiger partial charge is 0.255 e. The van der Waals surface area contributed by atoms with Crippen LogP contribution in [0, 0.1) is 5.41 Å². The van der Waals surface area contributed by atoms with Crippen LogP contribution in [0.25, 0.3) is 10.8 Å². The Hall–Kier alpha value is -1.59. The predicted octanol–water partition coefficient (Wildman–Crippen LogP) is 5.37. The second-order valence-corrected chi connectivity index (χ2v) is 8.42. The lowest BCUT2D eigenvalue weighted by molar-refractivity contribution is 0.0512. The molecule has 1 aromatic heterocycles. The van der Waals surface area contributed by atoms with Crippen LogP contribution < -0.4 is 16.0 Å². The molecular weight excluding hydrogens is 379 g/mol. The van der Waals surface area contributed by atoms with Crippen LogP contribution in [0.5, 0.6) is 5.75 Å². The first-order valence-electron chi connectivity index (χ1n) is 10.3. The molecule has 1 aliphatic carbocycles. The molecule has 28 heavy (non-hydrogen) atoms. The van der Waals surface area contributed by atoms with E-state index in [4.69, 9.17) is 22.1 Å². The molecule has 0 bridgehead atoms. The summed E-state index contributed by atoms with van der Waals surface area (Å²) in [5.74, 6) is 0.620. The number of unbranched alkanes of at least 4 members (excludes halogenated alkanes) is 1. The highest BCUT2D eigenvalue weighted by Crippen LogP contribution is 2.45. The molecule has 1 aromatic carbocycles. The summed E-state index contributed by atoms with van der Waals surface area (Å²) in [7, 11) is 0. The van der Waals surface area contributed by atoms with Crippen molar-refractivity contribution in [2.45, 2.75) is 70.4 Å². The van der Waals surface area contributed by atoms with Gasteiger partial charge in [-0.1, -0.05) is 24.9 Å². The zero-order valence-corrected chi connectivity index (χ0v) is 17.2. The summed E-state index contributed by atoms with van der Waals surface area (Å²) in [4.78, 5) is 14.6. The van der Waals surface area contributed by atoms with Gasteiger partial charge < -0.3 is 15.5 Å². The Balaban J connectivity index is 1.70. The molecule has 0 spiro atoms. The SMILES string of the molecule is CCC(N)[C@]1(CCCCF)CC[C@H](Oc2cc3cc[nH]c(=O)c3cc2Cl)CC1. The minimum Gasteiger partial charge on any atom is -0.489 e. The molecule has 6 heteroatoms. The fourth-order valence-corrected chi connectivity index (χ4v) is 4.76. The van der Waals surface area contributed by atoms with Crippen molar-refractivity contribution in [3.05, 3.63) is 39.8 Å². The Bertz CT molecular complexity index is 846. The highest BCUT2D eigenvalue weighted by molar-refractivity contribution is 6.32. The predicted molar refractivity (Wildman–Crippen MR) is 113 cm³/mol. The number of benzene rings is 1. The second kappa shape index (κ2) is 9.27. The van der Waals surface area contributed by atoms with E-state index in [-0.39, 0.29) is 29.8 Å². The van der Waals surface area contributed by atoms with E-state index < -0.39 is 0 Å². The van der Waals surface area contributed by atoms with E-state index in [0.29, 0.717) is 22.6 Å². The van der Waals surface area contributed by atoms with Gasteiger partial charge in [-0.05, 0) is 73.9 Å². The van der Waals surface area contributed by atoms with Crippen molar-refractivity contribution in [3.8, 4) is 5.75 Å². The number of aromatic nitrogens is 1. The first-order valence-corrected chi connectivity index (χ1v) is 10.7. The summed E-state index contributed by atoms with van der Waals surface area (Å²) in [6.45, 7) is 1.87. The van der Waals surface area contributed by atoms with E-state index in [0.717, 1.165) is 50.3 Å². The largest absolute Gasteiger partial charge is 0.489 e. The number of alkyl halides is 1. The van der Waals surface area contributed by atoms with Crippen LogP contribution in [-0.2, 0) is 0 Å². The molecule has 1 unspecified atom stereocenters. The molecule has 3 rings (SSSR count). The number of hydrogen-bond donors (Lipinski definition) is 2. The van der Waals surface area contributed by atoms with Crippen LogP contribution in [0.4, 0.5) is 4.39 Å². The Kier molecular flexibility index (Phi) is 7.00. The molecule has 1 atom stereocenters. The number of hydrogen-bond acceptors (Lipinski definition) is 3. The first-order chi connectivity index (χ1) is 13.5. The normalized spacial score (nSPS) is 23.6. The third-order valence-electron chi connectivity index (χ3n) is 6.33. The molecule has 3 N–H and O–H groups in total. The number of nitrogens with one attached hydrogen (secondary N) is 1. The number of nitrogens with two attached hydrogens (primary N) is 1. The molecule has 1 heterocycles. The summed E-state index contributed by atoms with van der Waals surface area (Å²) in [5.41, 5.74) is 6.41. The maximum Gasteiger partial charge on any atom is 0.255 e. The number of rotatable bonds is 8. The minimum absolute atomic E-state index is 0.0790. The molecule has 0 radical (unpaired) electrons. The fraction of sp³-hybridized carbons (Fsp3) is 0.591. The topological polar surface area (TPSA) is 68.1 Å². The highest BCUT2D eigenvalue weighted by atomic mass is 35.5. The monoisotopic (exact) mass is 408 g/mol. The Morgan fingerprint density at radius 3 is 2.79 bits per heavy atom. The first kappa shape index (κ1) is 21.1. The quantitative estimate of drug-likeness (QED) is 0.577. The van der Waals surface area contributed by atoms with Crippen molar-refractivity contribution in [3.63, 3.8) is 0 Å². The summed E-state index contributed by atoms with van der Waals surface area (Å²) < 4.78 is 18.8. The molecule has 1 aliphatic rings. The average molecular weight is 409 g/mol. The van der Waals surface area contributed by atoms with Gasteiger partial charge in [-0.25, -0.2) is 0 Å². The lowest BCUT2D eigenvalue weighted by Crippen LogP contribution is -2.45. The molecule has 2 aromatic rings. The van der Waals surface area contributed by atoms with Crippen molar-refractivity contribution >= 4 is 22.4 Å². The number of pyridine rings is 1. The number of H-pyrrole nitrogens is 1. The average Bonchev–Trinajstić information content (AvgIpc) is 2.70. The second-order valence-electron chi connectivity index (χ2n) is 8.02. The molecular formula is C22H30ClFN2O2. The van der Waals surface area contributed by atoms with Gasteiger partial charge in [0.05, 0.1) is 17.8 Å². The van der Waals surface area contributed by atoms with E-state index in [9.17, 15) is 9.18 Å².